The summed E-state index contributed by atoms with van der Waals surface area (Å²) in [7, 11) is 0. The number of thioether (sulfide) groups is 1. The van der Waals surface area contributed by atoms with E-state index in [0.29, 0.717) is 0 Å². The summed E-state index contributed by atoms with van der Waals surface area (Å²) in [6.45, 7) is 0. The van der Waals surface area contributed by atoms with Gasteiger partial charge in [-0.3, -0.25) is 0 Å². The highest BCUT2D eigenvalue weighted by atomic mass is 79.9. The van der Waals surface area contributed by atoms with Crippen LogP contribution in [-0.2, 0) is 0 Å². The Bertz CT molecular complexity index is 268. The van der Waals surface area contributed by atoms with E-state index in [0.717, 1.165) is 5.33 Å². The highest BCUT2D eigenvalue weighted by Crippen LogP contribution is 2.29. The predicted molar refractivity (Wildman–Crippen MR) is 56.2 cm³/mol. The Kier molecular flexibility index (Phi) is 4.20. The topological polar surface area (TPSA) is 23.8 Å². The minimum absolute atomic E-state index is 0.246. The Morgan fingerprint density at radius 3 is 2.58 bits per heavy atom. The van der Waals surface area contributed by atoms with Crippen molar-refractivity contribution in [1.82, 2.24) is 0 Å². The SMILES string of the molecule is N#CSC(CBr)c1ccccc1. The van der Waals surface area contributed by atoms with Crippen LogP contribution in [-0.4, -0.2) is 5.33 Å². The lowest BCUT2D eigenvalue weighted by Crippen LogP contribution is -1.92. The summed E-state index contributed by atoms with van der Waals surface area (Å²) in [6, 6.07) is 10.0. The molecule has 1 nitrogen and oxygen atoms in total. The molecule has 0 saturated carbocycles. The number of nitrogens with zero attached hydrogens (tertiary/aromatic N) is 1. The van der Waals surface area contributed by atoms with E-state index in [1.165, 1.54) is 17.3 Å². The smallest absolute Gasteiger partial charge is 0.134 e. The van der Waals surface area contributed by atoms with Crippen LogP contribution in [0, 0.1) is 10.7 Å². The van der Waals surface area contributed by atoms with Gasteiger partial charge >= 0.3 is 0 Å². The van der Waals surface area contributed by atoms with Gasteiger partial charge in [0.05, 0.1) is 5.25 Å². The number of halogens is 1. The van der Waals surface area contributed by atoms with E-state index in [1.807, 2.05) is 30.3 Å². The summed E-state index contributed by atoms with van der Waals surface area (Å²) in [5.41, 5.74) is 1.20. The number of thiocyanates is 1. The zero-order valence-corrected chi connectivity index (χ0v) is 8.81. The van der Waals surface area contributed by atoms with Gasteiger partial charge < -0.3 is 0 Å². The number of hydrogen-bond acceptors (Lipinski definition) is 2. The Labute approximate surface area is 84.9 Å². The normalized spacial score (nSPS) is 12.0. The zero-order chi connectivity index (χ0) is 8.81. The van der Waals surface area contributed by atoms with Gasteiger partial charge in [-0.2, -0.15) is 5.26 Å². The number of hydrogen-bond donors (Lipinski definition) is 0. The average molecular weight is 242 g/mol. The Morgan fingerprint density at radius 1 is 1.42 bits per heavy atom. The van der Waals surface area contributed by atoms with Crippen molar-refractivity contribution < 1.29 is 0 Å². The molecular weight excluding hydrogens is 234 g/mol. The first-order valence-corrected chi connectivity index (χ1v) is 5.54. The van der Waals surface area contributed by atoms with Crippen LogP contribution in [0.3, 0.4) is 0 Å². The van der Waals surface area contributed by atoms with Crippen molar-refractivity contribution >= 4 is 27.7 Å². The molecule has 0 radical (unpaired) electrons. The van der Waals surface area contributed by atoms with Gasteiger partial charge in [0.1, 0.15) is 5.40 Å². The fourth-order valence-electron chi connectivity index (χ4n) is 0.920. The highest BCUT2D eigenvalue weighted by Gasteiger charge is 2.08. The first kappa shape index (κ1) is 9.63. The minimum atomic E-state index is 0.246. The van der Waals surface area contributed by atoms with Crippen molar-refractivity contribution in [1.29, 1.82) is 5.26 Å². The molecule has 0 saturated heterocycles. The molecule has 0 aromatic heterocycles. The fourth-order valence-corrected chi connectivity index (χ4v) is 2.17. The third-order valence-electron chi connectivity index (χ3n) is 1.51. The average Bonchev–Trinajstić information content (AvgIpc) is 2.15. The molecule has 1 aromatic rings. The third kappa shape index (κ3) is 2.54. The maximum atomic E-state index is 8.52. The second-order valence-corrected chi connectivity index (χ2v) is 3.90. The van der Waals surface area contributed by atoms with Gasteiger partial charge in [-0.1, -0.05) is 46.3 Å². The van der Waals surface area contributed by atoms with Crippen LogP contribution >= 0.6 is 27.7 Å². The predicted octanol–water partition coefficient (Wildman–Crippen LogP) is 3.34. The van der Waals surface area contributed by atoms with Crippen LogP contribution in [0.4, 0.5) is 0 Å². The number of alkyl halides is 1. The first-order chi connectivity index (χ1) is 5.88. The molecule has 0 heterocycles. The largest absolute Gasteiger partial charge is 0.185 e. The number of nitriles is 1. The van der Waals surface area contributed by atoms with Crippen LogP contribution in [0.25, 0.3) is 0 Å². The van der Waals surface area contributed by atoms with Crippen LogP contribution in [0.5, 0.6) is 0 Å². The second kappa shape index (κ2) is 5.23. The van der Waals surface area contributed by atoms with Gasteiger partial charge in [-0.05, 0) is 17.3 Å². The van der Waals surface area contributed by atoms with E-state index < -0.39 is 0 Å². The number of benzene rings is 1. The standard InChI is InChI=1S/C9H8BrNS/c10-6-9(12-7-11)8-4-2-1-3-5-8/h1-5,9H,6H2. The van der Waals surface area contributed by atoms with Gasteiger partial charge in [0.25, 0.3) is 0 Å². The third-order valence-corrected chi connectivity index (χ3v) is 3.41. The van der Waals surface area contributed by atoms with Crippen molar-refractivity contribution in [2.75, 3.05) is 5.33 Å². The maximum Gasteiger partial charge on any atom is 0.134 e. The molecule has 0 aliphatic carbocycles. The van der Waals surface area contributed by atoms with Crippen molar-refractivity contribution in [2.45, 2.75) is 5.25 Å². The zero-order valence-electron chi connectivity index (χ0n) is 6.40. The summed E-state index contributed by atoms with van der Waals surface area (Å²) in [6.07, 6.45) is 0. The van der Waals surface area contributed by atoms with Gasteiger partial charge in [0.2, 0.25) is 0 Å². The molecule has 0 aliphatic rings. The monoisotopic (exact) mass is 241 g/mol. The van der Waals surface area contributed by atoms with Gasteiger partial charge in [0, 0.05) is 5.33 Å². The van der Waals surface area contributed by atoms with E-state index in [-0.39, 0.29) is 5.25 Å². The van der Waals surface area contributed by atoms with Crippen LogP contribution in [0.15, 0.2) is 30.3 Å². The van der Waals surface area contributed by atoms with Crippen LogP contribution in [0.2, 0.25) is 0 Å². The van der Waals surface area contributed by atoms with Crippen molar-refractivity contribution in [2.24, 2.45) is 0 Å². The lowest BCUT2D eigenvalue weighted by atomic mass is 10.2. The Morgan fingerprint density at radius 2 is 2.08 bits per heavy atom. The molecule has 0 spiro atoms. The first-order valence-electron chi connectivity index (χ1n) is 3.54. The molecule has 0 fully saturated rings. The van der Waals surface area contributed by atoms with E-state index in [9.17, 15) is 0 Å². The van der Waals surface area contributed by atoms with E-state index in [2.05, 4.69) is 21.3 Å². The van der Waals surface area contributed by atoms with E-state index in [1.54, 1.807) is 0 Å². The summed E-state index contributed by atoms with van der Waals surface area (Å²) in [5, 5.41) is 11.7. The molecule has 0 aliphatic heterocycles. The quantitative estimate of drug-likeness (QED) is 0.599. The summed E-state index contributed by atoms with van der Waals surface area (Å²) in [4.78, 5) is 0. The molecule has 1 aromatic carbocycles. The molecule has 62 valence electrons. The van der Waals surface area contributed by atoms with Crippen molar-refractivity contribution in [3.63, 3.8) is 0 Å². The lowest BCUT2D eigenvalue weighted by molar-refractivity contribution is 1.13. The summed E-state index contributed by atoms with van der Waals surface area (Å²) < 4.78 is 0. The molecule has 3 heteroatoms. The Balaban J connectivity index is 2.75. The molecule has 0 N–H and O–H groups in total. The molecule has 0 amide bonds. The summed E-state index contributed by atoms with van der Waals surface area (Å²) >= 11 is 4.67. The maximum absolute atomic E-state index is 8.52. The lowest BCUT2D eigenvalue weighted by Gasteiger charge is -2.07. The molecule has 0 bridgehead atoms. The minimum Gasteiger partial charge on any atom is -0.185 e. The van der Waals surface area contributed by atoms with E-state index >= 15 is 0 Å². The summed E-state index contributed by atoms with van der Waals surface area (Å²) in [5.74, 6) is 0. The molecule has 1 rings (SSSR count). The van der Waals surface area contributed by atoms with Gasteiger partial charge in [-0.25, -0.2) is 0 Å². The number of rotatable bonds is 3. The highest BCUT2D eigenvalue weighted by molar-refractivity contribution is 9.09. The fraction of sp³-hybridized carbons (Fsp3) is 0.222. The van der Waals surface area contributed by atoms with Crippen molar-refractivity contribution in [3.05, 3.63) is 35.9 Å². The molecule has 1 unspecified atom stereocenters. The van der Waals surface area contributed by atoms with Crippen LogP contribution in [0.1, 0.15) is 10.8 Å². The van der Waals surface area contributed by atoms with Gasteiger partial charge in [0.15, 0.2) is 0 Å². The van der Waals surface area contributed by atoms with Gasteiger partial charge in [-0.15, -0.1) is 0 Å². The van der Waals surface area contributed by atoms with E-state index in [4.69, 9.17) is 5.26 Å². The second-order valence-electron chi connectivity index (χ2n) is 2.26. The molecular formula is C9H8BrNS. The van der Waals surface area contributed by atoms with Crippen molar-refractivity contribution in [3.8, 4) is 5.40 Å². The van der Waals surface area contributed by atoms with Crippen LogP contribution < -0.4 is 0 Å². The molecule has 1 atom stereocenters. The molecule has 12 heavy (non-hydrogen) atoms. The Hall–Kier alpha value is -0.460.